The minimum absolute atomic E-state index is 0.147. The van der Waals surface area contributed by atoms with Gasteiger partial charge in [0.15, 0.2) is 5.13 Å². The SMILES string of the molecule is CN(C)CCN(C(=O)C1CCCN1S(=O)(=O)c1ccc(Cl)s1)c1nc2c(Cl)cccc2s1. The molecule has 0 spiro atoms. The fourth-order valence-corrected chi connectivity index (χ4v) is 8.18. The van der Waals surface area contributed by atoms with E-state index in [9.17, 15) is 13.2 Å². The number of hydrogen-bond donors (Lipinski definition) is 0. The van der Waals surface area contributed by atoms with Crippen LogP contribution in [0.1, 0.15) is 12.8 Å². The van der Waals surface area contributed by atoms with Crippen molar-refractivity contribution < 1.29 is 13.2 Å². The Kier molecular flexibility index (Phi) is 7.11. The zero-order valence-electron chi connectivity index (χ0n) is 17.5. The van der Waals surface area contributed by atoms with Crippen molar-refractivity contribution in [1.82, 2.24) is 14.2 Å². The molecule has 4 rings (SSSR count). The van der Waals surface area contributed by atoms with Gasteiger partial charge in [-0.25, -0.2) is 13.4 Å². The standard InChI is InChI=1S/C20H22Cl2N4O3S3/c1-24(2)11-12-25(20-23-18-13(21)5-3-7-15(18)30-20)19(27)14-6-4-10-26(14)32(28,29)17-9-8-16(22)31-17/h3,5,7-9,14H,4,6,10-12H2,1-2H3. The fraction of sp³-hybridized carbons (Fsp3) is 0.400. The van der Waals surface area contributed by atoms with Crippen molar-refractivity contribution in [2.45, 2.75) is 23.1 Å². The number of carbonyl (C=O) groups is 1. The van der Waals surface area contributed by atoms with Crippen molar-refractivity contribution >= 4 is 77.2 Å². The Balaban J connectivity index is 1.68. The van der Waals surface area contributed by atoms with Crippen molar-refractivity contribution in [2.75, 3.05) is 38.6 Å². The highest BCUT2D eigenvalue weighted by atomic mass is 35.5. The first kappa shape index (κ1) is 23.9. The Morgan fingerprint density at radius 1 is 1.19 bits per heavy atom. The largest absolute Gasteiger partial charge is 0.308 e. The molecule has 1 unspecified atom stereocenters. The molecule has 1 aliphatic rings. The molecule has 0 radical (unpaired) electrons. The van der Waals surface area contributed by atoms with Crippen molar-refractivity contribution in [3.8, 4) is 0 Å². The number of fused-ring (bicyclic) bond motifs is 1. The Morgan fingerprint density at radius 3 is 2.62 bits per heavy atom. The number of halogens is 2. The number of thiophene rings is 1. The molecule has 0 N–H and O–H groups in total. The molecule has 1 aromatic carbocycles. The van der Waals surface area contributed by atoms with Crippen LogP contribution in [0.5, 0.6) is 0 Å². The molecule has 0 saturated carbocycles. The number of para-hydroxylation sites is 1. The smallest absolute Gasteiger partial charge is 0.253 e. The van der Waals surface area contributed by atoms with Crippen LogP contribution >= 0.6 is 45.9 Å². The molecule has 32 heavy (non-hydrogen) atoms. The summed E-state index contributed by atoms with van der Waals surface area (Å²) in [6, 6.07) is 7.77. The van der Waals surface area contributed by atoms with E-state index in [1.807, 2.05) is 31.1 Å². The van der Waals surface area contributed by atoms with Crippen molar-refractivity contribution in [2.24, 2.45) is 0 Å². The van der Waals surface area contributed by atoms with E-state index in [1.54, 1.807) is 17.0 Å². The van der Waals surface area contributed by atoms with Gasteiger partial charge in [-0.05, 0) is 51.2 Å². The summed E-state index contributed by atoms with van der Waals surface area (Å²) in [6.07, 6.45) is 1.07. The number of benzene rings is 1. The fourth-order valence-electron chi connectivity index (χ4n) is 3.63. The summed E-state index contributed by atoms with van der Waals surface area (Å²) in [5.41, 5.74) is 0.640. The van der Waals surface area contributed by atoms with E-state index in [0.717, 1.165) is 16.0 Å². The van der Waals surface area contributed by atoms with Crippen LogP contribution in [-0.4, -0.2) is 68.3 Å². The molecule has 7 nitrogen and oxygen atoms in total. The highest BCUT2D eigenvalue weighted by Crippen LogP contribution is 2.36. The van der Waals surface area contributed by atoms with E-state index in [1.165, 1.54) is 21.7 Å². The first-order valence-corrected chi connectivity index (χ1v) is 13.8. The van der Waals surface area contributed by atoms with E-state index >= 15 is 0 Å². The zero-order chi connectivity index (χ0) is 23.0. The molecule has 1 fully saturated rings. The highest BCUT2D eigenvalue weighted by molar-refractivity contribution is 7.91. The summed E-state index contributed by atoms with van der Waals surface area (Å²) in [7, 11) is 0.0237. The maximum atomic E-state index is 13.7. The quantitative estimate of drug-likeness (QED) is 0.450. The molecule has 0 aliphatic carbocycles. The van der Waals surface area contributed by atoms with Crippen LogP contribution in [0.15, 0.2) is 34.5 Å². The molecule has 12 heteroatoms. The van der Waals surface area contributed by atoms with Gasteiger partial charge < -0.3 is 4.90 Å². The van der Waals surface area contributed by atoms with E-state index < -0.39 is 16.1 Å². The molecule has 1 saturated heterocycles. The summed E-state index contributed by atoms with van der Waals surface area (Å²) >= 11 is 14.6. The summed E-state index contributed by atoms with van der Waals surface area (Å²) < 4.78 is 29.2. The molecular weight excluding hydrogens is 511 g/mol. The van der Waals surface area contributed by atoms with Crippen molar-refractivity contribution in [3.05, 3.63) is 39.7 Å². The Hall–Kier alpha value is -1.27. The van der Waals surface area contributed by atoms with E-state index in [0.29, 0.717) is 52.5 Å². The van der Waals surface area contributed by atoms with Gasteiger partial charge in [0.1, 0.15) is 15.8 Å². The van der Waals surface area contributed by atoms with Crippen LogP contribution in [0, 0.1) is 0 Å². The lowest BCUT2D eigenvalue weighted by Gasteiger charge is -2.29. The second-order valence-corrected chi connectivity index (χ2v) is 13.0. The number of hydrogen-bond acceptors (Lipinski definition) is 7. The third-order valence-electron chi connectivity index (χ3n) is 5.23. The lowest BCUT2D eigenvalue weighted by atomic mass is 10.2. The minimum Gasteiger partial charge on any atom is -0.308 e. The maximum absolute atomic E-state index is 13.7. The summed E-state index contributed by atoms with van der Waals surface area (Å²) in [6.45, 7) is 1.29. The lowest BCUT2D eigenvalue weighted by Crippen LogP contribution is -2.49. The number of nitrogens with zero attached hydrogens (tertiary/aromatic N) is 4. The lowest BCUT2D eigenvalue weighted by molar-refractivity contribution is -0.121. The van der Waals surface area contributed by atoms with Gasteiger partial charge in [-0.3, -0.25) is 9.69 Å². The zero-order valence-corrected chi connectivity index (χ0v) is 21.5. The Morgan fingerprint density at radius 2 is 1.97 bits per heavy atom. The topological polar surface area (TPSA) is 73.8 Å². The molecule has 172 valence electrons. The third kappa shape index (κ3) is 4.68. The highest BCUT2D eigenvalue weighted by Gasteiger charge is 2.42. The van der Waals surface area contributed by atoms with Crippen LogP contribution in [0.25, 0.3) is 10.2 Å². The molecule has 1 atom stereocenters. The average molecular weight is 534 g/mol. The van der Waals surface area contributed by atoms with Crippen molar-refractivity contribution in [1.29, 1.82) is 0 Å². The third-order valence-corrected chi connectivity index (χ3v) is 10.2. The number of likely N-dealkylation sites (N-methyl/N-ethyl adjacent to an activating group) is 1. The average Bonchev–Trinajstić information content (AvgIpc) is 3.47. The van der Waals surface area contributed by atoms with Crippen LogP contribution < -0.4 is 4.90 Å². The van der Waals surface area contributed by atoms with Gasteiger partial charge >= 0.3 is 0 Å². The van der Waals surface area contributed by atoms with Gasteiger partial charge in [0.05, 0.1) is 14.1 Å². The van der Waals surface area contributed by atoms with Crippen LogP contribution in [-0.2, 0) is 14.8 Å². The summed E-state index contributed by atoms with van der Waals surface area (Å²) in [5, 5.41) is 1.04. The van der Waals surface area contributed by atoms with Gasteiger partial charge in [-0.2, -0.15) is 4.31 Å². The second kappa shape index (κ2) is 9.54. The number of aromatic nitrogens is 1. The number of rotatable bonds is 7. The number of amides is 1. The Labute approximate surface area is 205 Å². The van der Waals surface area contributed by atoms with Crippen LogP contribution in [0.2, 0.25) is 9.36 Å². The van der Waals surface area contributed by atoms with Gasteiger partial charge in [-0.15, -0.1) is 11.3 Å². The first-order chi connectivity index (χ1) is 15.2. The predicted molar refractivity (Wildman–Crippen MR) is 132 cm³/mol. The van der Waals surface area contributed by atoms with Crippen molar-refractivity contribution in [3.63, 3.8) is 0 Å². The Bertz CT molecular complexity index is 1240. The molecule has 1 aliphatic heterocycles. The molecule has 2 aromatic heterocycles. The summed E-state index contributed by atoms with van der Waals surface area (Å²) in [4.78, 5) is 21.9. The molecule has 1 amide bonds. The molecule has 3 heterocycles. The predicted octanol–water partition coefficient (Wildman–Crippen LogP) is 4.41. The monoisotopic (exact) mass is 532 g/mol. The molecule has 3 aromatic rings. The van der Waals surface area contributed by atoms with Gasteiger partial charge in [0.25, 0.3) is 10.0 Å². The van der Waals surface area contributed by atoms with E-state index in [4.69, 9.17) is 23.2 Å². The first-order valence-electron chi connectivity index (χ1n) is 9.97. The van der Waals surface area contributed by atoms with Crippen LogP contribution in [0.4, 0.5) is 5.13 Å². The number of anilines is 1. The summed E-state index contributed by atoms with van der Waals surface area (Å²) in [5.74, 6) is -0.272. The normalized spacial score (nSPS) is 17.5. The maximum Gasteiger partial charge on any atom is 0.253 e. The van der Waals surface area contributed by atoms with E-state index in [2.05, 4.69) is 4.98 Å². The second-order valence-electron chi connectivity index (χ2n) is 7.71. The molecule has 0 bridgehead atoms. The number of carbonyl (C=O) groups excluding carboxylic acids is 1. The minimum atomic E-state index is -3.82. The molecular formula is C20H22Cl2N4O3S3. The van der Waals surface area contributed by atoms with Crippen LogP contribution in [0.3, 0.4) is 0 Å². The number of thiazole rings is 1. The van der Waals surface area contributed by atoms with E-state index in [-0.39, 0.29) is 10.1 Å². The van der Waals surface area contributed by atoms with Gasteiger partial charge in [0.2, 0.25) is 5.91 Å². The van der Waals surface area contributed by atoms with Gasteiger partial charge in [0, 0.05) is 19.6 Å². The van der Waals surface area contributed by atoms with Gasteiger partial charge in [-0.1, -0.05) is 40.6 Å². The number of sulfonamides is 1.